The average molecular weight is 285 g/mol. The third kappa shape index (κ3) is 2.73. The fourth-order valence-electron chi connectivity index (χ4n) is 1.12. The molecule has 0 saturated heterocycles. The molecule has 1 rings (SSSR count). The van der Waals surface area contributed by atoms with E-state index < -0.39 is 32.3 Å². The van der Waals surface area contributed by atoms with Gasteiger partial charge in [0.25, 0.3) is 0 Å². The third-order valence-corrected chi connectivity index (χ3v) is 3.54. The van der Waals surface area contributed by atoms with Gasteiger partial charge in [-0.05, 0) is 12.1 Å². The molecule has 0 aromatic heterocycles. The second-order valence-electron chi connectivity index (χ2n) is 3.30. The second-order valence-corrected chi connectivity index (χ2v) is 5.69. The van der Waals surface area contributed by atoms with Crippen molar-refractivity contribution in [2.45, 2.75) is 10.8 Å². The molecule has 4 nitrogen and oxygen atoms in total. The maximum Gasteiger partial charge on any atom is 0.379 e. The lowest BCUT2D eigenvalue weighted by atomic mass is 10.1. The summed E-state index contributed by atoms with van der Waals surface area (Å²) in [6.45, 7) is 0. The molecule has 0 atom stereocenters. The third-order valence-electron chi connectivity index (χ3n) is 1.96. The number of carboxylic acid groups (broad SMARTS) is 1. The molecule has 0 unspecified atom stereocenters. The van der Waals surface area contributed by atoms with Gasteiger partial charge in [0.15, 0.2) is 9.84 Å². The molecule has 1 N–H and O–H groups in total. The van der Waals surface area contributed by atoms with E-state index in [0.717, 1.165) is 18.4 Å². The van der Waals surface area contributed by atoms with Gasteiger partial charge in [0, 0.05) is 11.8 Å². The lowest BCUT2D eigenvalue weighted by molar-refractivity contribution is -0.166. The summed E-state index contributed by atoms with van der Waals surface area (Å²) in [5, 5.41) is 7.86. The molecule has 0 aliphatic carbocycles. The van der Waals surface area contributed by atoms with Gasteiger partial charge in [-0.3, -0.25) is 0 Å². The number of hydrogen-bond donors (Lipinski definition) is 1. The Hall–Kier alpha value is -1.21. The van der Waals surface area contributed by atoms with Crippen LogP contribution in [0, 0.1) is 0 Å². The first kappa shape index (κ1) is 13.9. The van der Waals surface area contributed by atoms with Crippen LogP contribution in [0.25, 0.3) is 0 Å². The van der Waals surface area contributed by atoms with Crippen LogP contribution in [0.1, 0.15) is 5.56 Å². The van der Waals surface area contributed by atoms with Crippen molar-refractivity contribution in [1.82, 2.24) is 0 Å². The summed E-state index contributed by atoms with van der Waals surface area (Å²) in [6.07, 6.45) is 0.864. The van der Waals surface area contributed by atoms with Crippen molar-refractivity contribution < 1.29 is 27.1 Å². The molecule has 0 heterocycles. The quantitative estimate of drug-likeness (QED) is 0.920. The predicted molar refractivity (Wildman–Crippen MR) is 56.1 cm³/mol. The van der Waals surface area contributed by atoms with Crippen LogP contribution in [0.2, 0.25) is 5.02 Å². The van der Waals surface area contributed by atoms with Gasteiger partial charge in [0.05, 0.1) is 9.92 Å². The molecule has 0 spiro atoms. The first-order chi connectivity index (χ1) is 7.56. The molecule has 0 bridgehead atoms. The Labute approximate surface area is 101 Å². The zero-order valence-electron chi connectivity index (χ0n) is 8.45. The SMILES string of the molecule is CS(=O)(=O)c1ccc(C(F)(F)C(=O)O)cc1Cl. The van der Waals surface area contributed by atoms with Crippen molar-refractivity contribution in [3.63, 3.8) is 0 Å². The van der Waals surface area contributed by atoms with E-state index in [1.54, 1.807) is 0 Å². The van der Waals surface area contributed by atoms with Crippen molar-refractivity contribution in [3.8, 4) is 0 Å². The number of aliphatic carboxylic acids is 1. The van der Waals surface area contributed by atoms with Crippen molar-refractivity contribution in [3.05, 3.63) is 28.8 Å². The summed E-state index contributed by atoms with van der Waals surface area (Å²) in [7, 11) is -3.64. The van der Waals surface area contributed by atoms with Crippen molar-refractivity contribution >= 4 is 27.4 Å². The molecule has 17 heavy (non-hydrogen) atoms. The van der Waals surface area contributed by atoms with E-state index in [1.165, 1.54) is 0 Å². The number of alkyl halides is 2. The summed E-state index contributed by atoms with van der Waals surface area (Å²) >= 11 is 5.52. The lowest BCUT2D eigenvalue weighted by Crippen LogP contribution is -2.25. The summed E-state index contributed by atoms with van der Waals surface area (Å²) < 4.78 is 48.5. The smallest absolute Gasteiger partial charge is 0.379 e. The summed E-state index contributed by atoms with van der Waals surface area (Å²) in [6, 6.07) is 2.20. The van der Waals surface area contributed by atoms with Gasteiger partial charge in [-0.25, -0.2) is 13.2 Å². The minimum Gasteiger partial charge on any atom is -0.477 e. The molecule has 0 aliphatic heterocycles. The summed E-state index contributed by atoms with van der Waals surface area (Å²) in [5.41, 5.74) is -0.873. The van der Waals surface area contributed by atoms with E-state index in [2.05, 4.69) is 0 Å². The number of benzene rings is 1. The van der Waals surface area contributed by atoms with E-state index in [9.17, 15) is 22.0 Å². The van der Waals surface area contributed by atoms with Crippen LogP contribution in [-0.4, -0.2) is 25.7 Å². The minimum absolute atomic E-state index is 0.330. The Balaban J connectivity index is 3.37. The maximum absolute atomic E-state index is 13.1. The van der Waals surface area contributed by atoms with Crippen molar-refractivity contribution in [2.75, 3.05) is 6.26 Å². The molecule has 0 aliphatic rings. The van der Waals surface area contributed by atoms with Gasteiger partial charge in [0.2, 0.25) is 0 Å². The second kappa shape index (κ2) is 4.23. The fourth-order valence-corrected chi connectivity index (χ4v) is 2.45. The van der Waals surface area contributed by atoms with E-state index in [-0.39, 0.29) is 4.90 Å². The average Bonchev–Trinajstić information content (AvgIpc) is 2.15. The first-order valence-electron chi connectivity index (χ1n) is 4.18. The molecule has 0 saturated carbocycles. The monoisotopic (exact) mass is 284 g/mol. The Morgan fingerprint density at radius 1 is 1.41 bits per heavy atom. The highest BCUT2D eigenvalue weighted by molar-refractivity contribution is 7.90. The normalized spacial score (nSPS) is 12.5. The standard InChI is InChI=1S/C9H7ClF2O4S/c1-17(15,16)7-3-2-5(4-6(7)10)9(11,12)8(13)14/h2-4H,1H3,(H,13,14). The van der Waals surface area contributed by atoms with Gasteiger partial charge < -0.3 is 5.11 Å². The van der Waals surface area contributed by atoms with E-state index in [4.69, 9.17) is 16.7 Å². The number of hydrogen-bond acceptors (Lipinski definition) is 3. The minimum atomic E-state index is -4.11. The number of carbonyl (C=O) groups is 1. The van der Waals surface area contributed by atoms with Crippen LogP contribution >= 0.6 is 11.6 Å². The van der Waals surface area contributed by atoms with Gasteiger partial charge in [-0.2, -0.15) is 8.78 Å². The molecule has 1 aromatic carbocycles. The Morgan fingerprint density at radius 2 is 1.94 bits per heavy atom. The first-order valence-corrected chi connectivity index (χ1v) is 6.45. The molecule has 0 amide bonds. The van der Waals surface area contributed by atoms with Gasteiger partial charge in [-0.1, -0.05) is 17.7 Å². The summed E-state index contributed by atoms with van der Waals surface area (Å²) in [5.74, 6) is -6.44. The summed E-state index contributed by atoms with van der Waals surface area (Å²) in [4.78, 5) is 9.97. The molecular weight excluding hydrogens is 278 g/mol. The van der Waals surface area contributed by atoms with Gasteiger partial charge in [-0.15, -0.1) is 0 Å². The molecule has 0 fully saturated rings. The van der Waals surface area contributed by atoms with Crippen LogP contribution < -0.4 is 0 Å². The van der Waals surface area contributed by atoms with Crippen LogP contribution in [-0.2, 0) is 20.6 Å². The largest absolute Gasteiger partial charge is 0.477 e. The number of halogens is 3. The van der Waals surface area contributed by atoms with Gasteiger partial charge >= 0.3 is 11.9 Å². The zero-order chi connectivity index (χ0) is 13.4. The highest BCUT2D eigenvalue weighted by Gasteiger charge is 2.41. The molecule has 0 radical (unpaired) electrons. The van der Waals surface area contributed by atoms with Crippen LogP contribution in [0.5, 0.6) is 0 Å². The number of sulfone groups is 1. The molecule has 94 valence electrons. The lowest BCUT2D eigenvalue weighted by Gasteiger charge is -2.12. The van der Waals surface area contributed by atoms with Crippen molar-refractivity contribution in [2.24, 2.45) is 0 Å². The molecular formula is C9H7ClF2O4S. The van der Waals surface area contributed by atoms with Crippen LogP contribution in [0.4, 0.5) is 8.78 Å². The highest BCUT2D eigenvalue weighted by Crippen LogP contribution is 2.32. The number of carboxylic acids is 1. The fraction of sp³-hybridized carbons (Fsp3) is 0.222. The topological polar surface area (TPSA) is 71.4 Å². The van der Waals surface area contributed by atoms with Crippen LogP contribution in [0.15, 0.2) is 23.1 Å². The zero-order valence-corrected chi connectivity index (χ0v) is 10.0. The predicted octanol–water partition coefficient (Wildman–Crippen LogP) is 1.92. The Morgan fingerprint density at radius 3 is 2.29 bits per heavy atom. The molecule has 1 aromatic rings. The Bertz CT molecular complexity index is 568. The Kier molecular flexibility index (Phi) is 3.45. The maximum atomic E-state index is 13.1. The van der Waals surface area contributed by atoms with E-state index in [1.807, 2.05) is 0 Å². The van der Waals surface area contributed by atoms with E-state index >= 15 is 0 Å². The van der Waals surface area contributed by atoms with Crippen molar-refractivity contribution in [1.29, 1.82) is 0 Å². The van der Waals surface area contributed by atoms with Crippen LogP contribution in [0.3, 0.4) is 0 Å². The van der Waals surface area contributed by atoms with Gasteiger partial charge in [0.1, 0.15) is 0 Å². The number of rotatable bonds is 3. The molecule has 8 heteroatoms. The van der Waals surface area contributed by atoms with E-state index in [0.29, 0.717) is 6.07 Å². The highest BCUT2D eigenvalue weighted by atomic mass is 35.5.